The molecular weight excluding hydrogens is 312 g/mol. The molecule has 116 valence electrons. The van der Waals surface area contributed by atoms with Crippen LogP contribution in [0, 0.1) is 13.8 Å². The highest BCUT2D eigenvalue weighted by Gasteiger charge is 2.12. The Bertz CT molecular complexity index is 873. The van der Waals surface area contributed by atoms with E-state index in [0.717, 1.165) is 17.1 Å². The number of nitrogens with one attached hydrogen (secondary N) is 1. The number of anilines is 1. The van der Waals surface area contributed by atoms with E-state index in [2.05, 4.69) is 15.5 Å². The average molecular weight is 327 g/mol. The van der Waals surface area contributed by atoms with Crippen molar-refractivity contribution in [3.63, 3.8) is 0 Å². The molecule has 0 bridgehead atoms. The number of amides is 1. The second-order valence-corrected chi connectivity index (χ2v) is 5.57. The van der Waals surface area contributed by atoms with E-state index >= 15 is 0 Å². The molecule has 0 saturated carbocycles. The summed E-state index contributed by atoms with van der Waals surface area (Å²) >= 11 is 6.21. The number of aryl methyl sites for hydroxylation is 2. The smallest absolute Gasteiger partial charge is 0.257 e. The monoisotopic (exact) mass is 326 g/mol. The van der Waals surface area contributed by atoms with Gasteiger partial charge in [0, 0.05) is 5.69 Å². The fourth-order valence-electron chi connectivity index (χ4n) is 2.30. The van der Waals surface area contributed by atoms with Gasteiger partial charge in [0.05, 0.1) is 16.3 Å². The molecule has 1 heterocycles. The zero-order valence-corrected chi connectivity index (χ0v) is 13.5. The molecule has 5 nitrogen and oxygen atoms in total. The van der Waals surface area contributed by atoms with Crippen LogP contribution in [-0.2, 0) is 0 Å². The first-order valence-electron chi connectivity index (χ1n) is 7.10. The number of carbonyl (C=O) groups excluding carboxylic acids is 1. The van der Waals surface area contributed by atoms with Crippen molar-refractivity contribution in [2.24, 2.45) is 0 Å². The Balaban J connectivity index is 1.87. The summed E-state index contributed by atoms with van der Waals surface area (Å²) in [5, 5.41) is 11.2. The summed E-state index contributed by atoms with van der Waals surface area (Å²) in [6.07, 6.45) is 1.63. The van der Waals surface area contributed by atoms with Gasteiger partial charge >= 0.3 is 0 Å². The Labute approximate surface area is 138 Å². The first-order chi connectivity index (χ1) is 11.1. The molecule has 0 saturated heterocycles. The van der Waals surface area contributed by atoms with Gasteiger partial charge in [-0.2, -0.15) is 0 Å². The van der Waals surface area contributed by atoms with Gasteiger partial charge in [-0.15, -0.1) is 10.2 Å². The molecule has 0 aliphatic rings. The Kier molecular flexibility index (Phi) is 4.12. The second kappa shape index (κ2) is 6.22. The molecule has 1 amide bonds. The van der Waals surface area contributed by atoms with Crippen LogP contribution in [0.15, 0.2) is 48.8 Å². The van der Waals surface area contributed by atoms with Crippen LogP contribution in [-0.4, -0.2) is 20.7 Å². The lowest BCUT2D eigenvalue weighted by Crippen LogP contribution is -2.13. The zero-order valence-electron chi connectivity index (χ0n) is 12.7. The lowest BCUT2D eigenvalue weighted by Gasteiger charge is -2.10. The van der Waals surface area contributed by atoms with Crippen molar-refractivity contribution in [2.75, 3.05) is 5.32 Å². The van der Waals surface area contributed by atoms with Crippen molar-refractivity contribution < 1.29 is 4.79 Å². The van der Waals surface area contributed by atoms with E-state index < -0.39 is 0 Å². The predicted octanol–water partition coefficient (Wildman–Crippen LogP) is 3.79. The number of rotatable bonds is 3. The normalized spacial score (nSPS) is 10.6. The molecule has 2 aromatic carbocycles. The number of halogens is 1. The highest BCUT2D eigenvalue weighted by molar-refractivity contribution is 6.35. The number of carbonyl (C=O) groups is 1. The van der Waals surface area contributed by atoms with Crippen LogP contribution >= 0.6 is 11.6 Å². The van der Waals surface area contributed by atoms with Gasteiger partial charge in [-0.25, -0.2) is 0 Å². The van der Waals surface area contributed by atoms with Crippen LogP contribution in [0.1, 0.15) is 21.7 Å². The van der Waals surface area contributed by atoms with Gasteiger partial charge in [0.2, 0.25) is 0 Å². The molecule has 0 aliphatic carbocycles. The quantitative estimate of drug-likeness (QED) is 0.796. The maximum atomic E-state index is 12.4. The van der Waals surface area contributed by atoms with E-state index in [0.29, 0.717) is 16.3 Å². The Morgan fingerprint density at radius 3 is 2.70 bits per heavy atom. The minimum atomic E-state index is -0.240. The van der Waals surface area contributed by atoms with Gasteiger partial charge in [-0.1, -0.05) is 29.8 Å². The van der Waals surface area contributed by atoms with Crippen molar-refractivity contribution in [3.8, 4) is 5.69 Å². The Morgan fingerprint density at radius 1 is 1.17 bits per heavy atom. The van der Waals surface area contributed by atoms with Gasteiger partial charge in [-0.3, -0.25) is 9.36 Å². The topological polar surface area (TPSA) is 59.8 Å². The minimum Gasteiger partial charge on any atom is -0.322 e. The van der Waals surface area contributed by atoms with Crippen molar-refractivity contribution >= 4 is 23.2 Å². The molecule has 0 aliphatic heterocycles. The minimum absolute atomic E-state index is 0.240. The average Bonchev–Trinajstić information content (AvgIpc) is 2.96. The second-order valence-electron chi connectivity index (χ2n) is 5.19. The third-order valence-corrected chi connectivity index (χ3v) is 4.04. The lowest BCUT2D eigenvalue weighted by molar-refractivity contribution is 0.102. The van der Waals surface area contributed by atoms with Gasteiger partial charge in [-0.05, 0) is 43.7 Å². The molecule has 0 atom stereocenters. The Morgan fingerprint density at radius 2 is 1.96 bits per heavy atom. The van der Waals surface area contributed by atoms with Crippen molar-refractivity contribution in [3.05, 3.63) is 70.8 Å². The molecular formula is C17H15ClN4O. The standard InChI is InChI=1S/C17H15ClN4O/c1-11-5-3-8-15(16(11)18)17(23)20-13-6-4-7-14(9-13)22-10-19-21-12(22)2/h3-10H,1-2H3,(H,20,23). The van der Waals surface area contributed by atoms with Gasteiger partial charge in [0.1, 0.15) is 12.2 Å². The van der Waals surface area contributed by atoms with E-state index in [-0.39, 0.29) is 5.91 Å². The molecule has 0 fully saturated rings. The van der Waals surface area contributed by atoms with Crippen LogP contribution in [0.4, 0.5) is 5.69 Å². The van der Waals surface area contributed by atoms with Crippen molar-refractivity contribution in [2.45, 2.75) is 13.8 Å². The van der Waals surface area contributed by atoms with Crippen LogP contribution in [0.25, 0.3) is 5.69 Å². The first kappa shape index (κ1) is 15.2. The van der Waals surface area contributed by atoms with Gasteiger partial charge in [0.15, 0.2) is 0 Å². The fraction of sp³-hybridized carbons (Fsp3) is 0.118. The summed E-state index contributed by atoms with van der Waals surface area (Å²) in [5.41, 5.74) is 2.88. The molecule has 3 rings (SSSR count). The summed E-state index contributed by atoms with van der Waals surface area (Å²) in [6.45, 7) is 3.74. The summed E-state index contributed by atoms with van der Waals surface area (Å²) in [4.78, 5) is 12.4. The van der Waals surface area contributed by atoms with E-state index in [4.69, 9.17) is 11.6 Å². The Hall–Kier alpha value is -2.66. The van der Waals surface area contributed by atoms with Gasteiger partial charge < -0.3 is 5.32 Å². The maximum Gasteiger partial charge on any atom is 0.257 e. The summed E-state index contributed by atoms with van der Waals surface area (Å²) < 4.78 is 1.84. The maximum absolute atomic E-state index is 12.4. The SMILES string of the molecule is Cc1cccc(C(=O)Nc2cccc(-n3cnnc3C)c2)c1Cl. The molecule has 0 spiro atoms. The van der Waals surface area contributed by atoms with Gasteiger partial charge in [0.25, 0.3) is 5.91 Å². The van der Waals surface area contributed by atoms with Crippen molar-refractivity contribution in [1.82, 2.24) is 14.8 Å². The largest absolute Gasteiger partial charge is 0.322 e. The highest BCUT2D eigenvalue weighted by Crippen LogP contribution is 2.22. The van der Waals surface area contributed by atoms with Crippen LogP contribution in [0.5, 0.6) is 0 Å². The van der Waals surface area contributed by atoms with Crippen molar-refractivity contribution in [1.29, 1.82) is 0 Å². The van der Waals surface area contributed by atoms with E-state index in [1.165, 1.54) is 0 Å². The molecule has 0 radical (unpaired) electrons. The van der Waals surface area contributed by atoms with Crippen LogP contribution in [0.2, 0.25) is 5.02 Å². The van der Waals surface area contributed by atoms with E-state index in [9.17, 15) is 4.79 Å². The zero-order chi connectivity index (χ0) is 16.4. The third kappa shape index (κ3) is 3.10. The van der Waals surface area contributed by atoms with E-state index in [1.807, 2.05) is 54.8 Å². The van der Waals surface area contributed by atoms with Crippen LogP contribution < -0.4 is 5.32 Å². The first-order valence-corrected chi connectivity index (χ1v) is 7.47. The van der Waals surface area contributed by atoms with Crippen LogP contribution in [0.3, 0.4) is 0 Å². The summed E-state index contributed by atoms with van der Waals surface area (Å²) in [6, 6.07) is 12.9. The number of hydrogen-bond acceptors (Lipinski definition) is 3. The number of nitrogens with zero attached hydrogens (tertiary/aromatic N) is 3. The summed E-state index contributed by atoms with van der Waals surface area (Å²) in [7, 11) is 0. The number of hydrogen-bond donors (Lipinski definition) is 1. The highest BCUT2D eigenvalue weighted by atomic mass is 35.5. The summed E-state index contributed by atoms with van der Waals surface area (Å²) in [5.74, 6) is 0.534. The lowest BCUT2D eigenvalue weighted by atomic mass is 10.1. The van der Waals surface area contributed by atoms with E-state index in [1.54, 1.807) is 12.4 Å². The fourth-order valence-corrected chi connectivity index (χ4v) is 2.51. The molecule has 0 unspecified atom stereocenters. The molecule has 1 aromatic heterocycles. The predicted molar refractivity (Wildman–Crippen MR) is 90.2 cm³/mol. The molecule has 6 heteroatoms. The number of benzene rings is 2. The number of aromatic nitrogens is 3. The molecule has 1 N–H and O–H groups in total. The molecule has 23 heavy (non-hydrogen) atoms. The third-order valence-electron chi connectivity index (χ3n) is 3.54. The molecule has 3 aromatic rings.